The lowest BCUT2D eigenvalue weighted by molar-refractivity contribution is -0.142. The first-order chi connectivity index (χ1) is 8.99. The zero-order valence-electron chi connectivity index (χ0n) is 9.83. The number of piperazine rings is 1. The Kier molecular flexibility index (Phi) is 3.65. The van der Waals surface area contributed by atoms with E-state index in [0.29, 0.717) is 6.54 Å². The summed E-state index contributed by atoms with van der Waals surface area (Å²) in [6.07, 6.45) is -0.433. The summed E-state index contributed by atoms with van der Waals surface area (Å²) in [5, 5.41) is 13.1. The molecule has 0 bridgehead atoms. The van der Waals surface area contributed by atoms with Crippen LogP contribution in [0.2, 0.25) is 0 Å². The Morgan fingerprint density at radius 3 is 2.95 bits per heavy atom. The van der Waals surface area contributed by atoms with Gasteiger partial charge in [0.1, 0.15) is 11.7 Å². The van der Waals surface area contributed by atoms with Crippen LogP contribution in [-0.4, -0.2) is 51.9 Å². The van der Waals surface area contributed by atoms with Crippen molar-refractivity contribution in [1.29, 1.82) is 0 Å². The average molecular weight is 284 g/mol. The van der Waals surface area contributed by atoms with Gasteiger partial charge in [0.05, 0.1) is 6.42 Å². The number of anilines is 1. The molecule has 0 saturated carbocycles. The Labute approximate surface area is 112 Å². The van der Waals surface area contributed by atoms with Gasteiger partial charge in [0.25, 0.3) is 5.91 Å². The molecule has 1 unspecified atom stereocenters. The second-order valence-corrected chi connectivity index (χ2v) is 4.86. The van der Waals surface area contributed by atoms with E-state index < -0.39 is 30.2 Å². The van der Waals surface area contributed by atoms with Crippen molar-refractivity contribution in [1.82, 2.24) is 15.2 Å². The minimum atomic E-state index is -1.14. The molecule has 9 heteroatoms. The number of aliphatic carboxylic acids is 1. The lowest BCUT2D eigenvalue weighted by atomic mass is 10.1. The Bertz CT molecular complexity index is 529. The van der Waals surface area contributed by atoms with Gasteiger partial charge < -0.3 is 21.1 Å². The van der Waals surface area contributed by atoms with Gasteiger partial charge in [-0.3, -0.25) is 14.4 Å². The average Bonchev–Trinajstić information content (AvgIpc) is 2.77. The molecule has 0 radical (unpaired) electrons. The molecule has 0 spiro atoms. The van der Waals surface area contributed by atoms with Crippen LogP contribution in [0.25, 0.3) is 0 Å². The van der Waals surface area contributed by atoms with Crippen LogP contribution >= 0.6 is 11.3 Å². The number of hydrogen-bond acceptors (Lipinski definition) is 6. The van der Waals surface area contributed by atoms with Gasteiger partial charge in [-0.2, -0.15) is 0 Å². The zero-order chi connectivity index (χ0) is 14.0. The Morgan fingerprint density at radius 2 is 2.37 bits per heavy atom. The van der Waals surface area contributed by atoms with Crippen molar-refractivity contribution < 1.29 is 19.5 Å². The second kappa shape index (κ2) is 5.22. The van der Waals surface area contributed by atoms with Crippen molar-refractivity contribution in [3.05, 3.63) is 11.1 Å². The summed E-state index contributed by atoms with van der Waals surface area (Å²) in [5.41, 5.74) is 5.58. The van der Waals surface area contributed by atoms with Crippen LogP contribution in [0, 0.1) is 0 Å². The minimum Gasteiger partial charge on any atom is -0.481 e. The number of nitrogens with zero attached hydrogens (tertiary/aromatic N) is 2. The minimum absolute atomic E-state index is 0.132. The molecule has 1 aromatic heterocycles. The van der Waals surface area contributed by atoms with Crippen molar-refractivity contribution >= 4 is 34.3 Å². The standard InChI is InChI=1S/C10H12N4O4S/c11-10-13-5(4-19-10)9(18)14-2-1-12-8(17)6(14)3-7(15)16/h4,6H,1-3H2,(H2,11,13)(H,12,17)(H,15,16). The maximum Gasteiger partial charge on any atom is 0.305 e. The molecule has 1 saturated heterocycles. The number of carboxylic acids is 1. The highest BCUT2D eigenvalue weighted by Crippen LogP contribution is 2.17. The molecule has 4 N–H and O–H groups in total. The molecular formula is C10H12N4O4S. The van der Waals surface area contributed by atoms with Crippen molar-refractivity contribution in [2.75, 3.05) is 18.8 Å². The maximum absolute atomic E-state index is 12.2. The van der Waals surface area contributed by atoms with Crippen LogP contribution in [0.5, 0.6) is 0 Å². The predicted octanol–water partition coefficient (Wildman–Crippen LogP) is -0.859. The van der Waals surface area contributed by atoms with E-state index >= 15 is 0 Å². The maximum atomic E-state index is 12.2. The topological polar surface area (TPSA) is 126 Å². The van der Waals surface area contributed by atoms with Crippen LogP contribution in [0.1, 0.15) is 16.9 Å². The molecule has 2 rings (SSSR count). The largest absolute Gasteiger partial charge is 0.481 e. The van der Waals surface area contributed by atoms with Crippen LogP contribution in [0.15, 0.2) is 5.38 Å². The first-order valence-electron chi connectivity index (χ1n) is 5.50. The Hall–Kier alpha value is -2.16. The number of nitrogen functional groups attached to an aromatic ring is 1. The van der Waals surface area contributed by atoms with E-state index in [-0.39, 0.29) is 17.4 Å². The SMILES string of the molecule is Nc1nc(C(=O)N2CCNC(=O)C2CC(=O)O)cs1. The third-order valence-electron chi connectivity index (χ3n) is 2.70. The summed E-state index contributed by atoms with van der Waals surface area (Å²) in [6.45, 7) is 0.542. The van der Waals surface area contributed by atoms with E-state index in [4.69, 9.17) is 10.8 Å². The molecule has 1 fully saturated rings. The molecular weight excluding hydrogens is 272 g/mol. The van der Waals surface area contributed by atoms with E-state index in [1.54, 1.807) is 0 Å². The second-order valence-electron chi connectivity index (χ2n) is 3.97. The molecule has 2 heterocycles. The fourth-order valence-corrected chi connectivity index (χ4v) is 2.40. The van der Waals surface area contributed by atoms with E-state index in [2.05, 4.69) is 10.3 Å². The van der Waals surface area contributed by atoms with Gasteiger partial charge in [0.15, 0.2) is 5.13 Å². The van der Waals surface area contributed by atoms with E-state index in [0.717, 1.165) is 11.3 Å². The van der Waals surface area contributed by atoms with Crippen LogP contribution in [-0.2, 0) is 9.59 Å². The smallest absolute Gasteiger partial charge is 0.305 e. The monoisotopic (exact) mass is 284 g/mol. The number of carbonyl (C=O) groups excluding carboxylic acids is 2. The Morgan fingerprint density at radius 1 is 1.63 bits per heavy atom. The molecule has 8 nitrogen and oxygen atoms in total. The van der Waals surface area contributed by atoms with Gasteiger partial charge in [-0.1, -0.05) is 0 Å². The third kappa shape index (κ3) is 2.81. The molecule has 0 aromatic carbocycles. The van der Waals surface area contributed by atoms with Crippen molar-refractivity contribution in [2.24, 2.45) is 0 Å². The van der Waals surface area contributed by atoms with E-state index in [9.17, 15) is 14.4 Å². The molecule has 2 amide bonds. The number of hydrogen-bond donors (Lipinski definition) is 3. The van der Waals surface area contributed by atoms with Crippen molar-refractivity contribution in [3.63, 3.8) is 0 Å². The summed E-state index contributed by atoms with van der Waals surface area (Å²) in [7, 11) is 0. The van der Waals surface area contributed by atoms with Crippen LogP contribution in [0.3, 0.4) is 0 Å². The number of amides is 2. The number of nitrogens with one attached hydrogen (secondary N) is 1. The van der Waals surface area contributed by atoms with Crippen LogP contribution < -0.4 is 11.1 Å². The van der Waals surface area contributed by atoms with E-state index in [1.165, 1.54) is 10.3 Å². The molecule has 1 aromatic rings. The quantitative estimate of drug-likeness (QED) is 0.663. The first kappa shape index (κ1) is 13.3. The zero-order valence-corrected chi connectivity index (χ0v) is 10.6. The number of carboxylic acid groups (broad SMARTS) is 1. The van der Waals surface area contributed by atoms with Crippen molar-refractivity contribution in [2.45, 2.75) is 12.5 Å². The number of nitrogens with two attached hydrogens (primary N) is 1. The molecule has 1 atom stereocenters. The lowest BCUT2D eigenvalue weighted by Crippen LogP contribution is -2.57. The fraction of sp³-hybridized carbons (Fsp3) is 0.400. The summed E-state index contributed by atoms with van der Waals surface area (Å²) in [5.74, 6) is -2.09. The molecule has 19 heavy (non-hydrogen) atoms. The molecule has 1 aliphatic rings. The molecule has 0 aliphatic carbocycles. The first-order valence-corrected chi connectivity index (χ1v) is 6.38. The highest BCUT2D eigenvalue weighted by molar-refractivity contribution is 7.13. The fourth-order valence-electron chi connectivity index (χ4n) is 1.86. The summed E-state index contributed by atoms with van der Waals surface area (Å²) in [4.78, 5) is 39.7. The number of thiazole rings is 1. The molecule has 102 valence electrons. The normalized spacial score (nSPS) is 19.1. The van der Waals surface area contributed by atoms with Crippen molar-refractivity contribution in [3.8, 4) is 0 Å². The van der Waals surface area contributed by atoms with Gasteiger partial charge in [0.2, 0.25) is 5.91 Å². The van der Waals surface area contributed by atoms with Gasteiger partial charge in [0, 0.05) is 18.5 Å². The predicted molar refractivity (Wildman–Crippen MR) is 66.6 cm³/mol. The summed E-state index contributed by atoms with van der Waals surface area (Å²) < 4.78 is 0. The summed E-state index contributed by atoms with van der Waals surface area (Å²) >= 11 is 1.11. The molecule has 1 aliphatic heterocycles. The highest BCUT2D eigenvalue weighted by atomic mass is 32.1. The van der Waals surface area contributed by atoms with Gasteiger partial charge in [-0.25, -0.2) is 4.98 Å². The Balaban J connectivity index is 2.22. The number of aromatic nitrogens is 1. The number of rotatable bonds is 3. The summed E-state index contributed by atoms with van der Waals surface area (Å²) in [6, 6.07) is -1.01. The van der Waals surface area contributed by atoms with Gasteiger partial charge >= 0.3 is 5.97 Å². The van der Waals surface area contributed by atoms with Gasteiger partial charge in [-0.05, 0) is 0 Å². The highest BCUT2D eigenvalue weighted by Gasteiger charge is 2.35. The third-order valence-corrected chi connectivity index (χ3v) is 3.37. The number of carbonyl (C=O) groups is 3. The van der Waals surface area contributed by atoms with Gasteiger partial charge in [-0.15, -0.1) is 11.3 Å². The van der Waals surface area contributed by atoms with Crippen LogP contribution in [0.4, 0.5) is 5.13 Å². The lowest BCUT2D eigenvalue weighted by Gasteiger charge is -2.33. The van der Waals surface area contributed by atoms with E-state index in [1.807, 2.05) is 0 Å².